The number of carbonyl (C=O) groups excluding carboxylic acids is 1. The molecule has 1 amide bonds. The Bertz CT molecular complexity index is 493. The van der Waals surface area contributed by atoms with E-state index in [1.165, 1.54) is 17.5 Å². The molecule has 0 spiro atoms. The van der Waals surface area contributed by atoms with E-state index in [0.29, 0.717) is 18.5 Å². The third-order valence-electron chi connectivity index (χ3n) is 4.54. The van der Waals surface area contributed by atoms with Gasteiger partial charge in [-0.2, -0.15) is 0 Å². The first-order valence-corrected chi connectivity index (χ1v) is 8.28. The van der Waals surface area contributed by atoms with Crippen LogP contribution in [0.15, 0.2) is 18.2 Å². The highest BCUT2D eigenvalue weighted by atomic mass is 16.1. The third-order valence-corrected chi connectivity index (χ3v) is 4.54. The van der Waals surface area contributed by atoms with Crippen LogP contribution < -0.4 is 10.6 Å². The van der Waals surface area contributed by atoms with Gasteiger partial charge in [-0.1, -0.05) is 18.2 Å². The minimum absolute atomic E-state index is 0.0747. The zero-order chi connectivity index (χ0) is 16.1. The number of likely N-dealkylation sites (tertiary alicyclic amines) is 1. The van der Waals surface area contributed by atoms with Crippen molar-refractivity contribution >= 4 is 11.6 Å². The Balaban J connectivity index is 1.73. The molecule has 2 rings (SSSR count). The summed E-state index contributed by atoms with van der Waals surface area (Å²) in [6, 6.07) is 6.76. The lowest BCUT2D eigenvalue weighted by molar-refractivity contribution is -0.119. The number of anilines is 1. The minimum Gasteiger partial charge on any atom is -0.376 e. The summed E-state index contributed by atoms with van der Waals surface area (Å²) < 4.78 is 0. The second-order valence-corrected chi connectivity index (χ2v) is 6.67. The van der Waals surface area contributed by atoms with Gasteiger partial charge in [0.05, 0.1) is 6.54 Å². The molecular formula is C18H29N3O. The highest BCUT2D eigenvalue weighted by Gasteiger charge is 2.24. The fraction of sp³-hybridized carbons (Fsp3) is 0.611. The van der Waals surface area contributed by atoms with Crippen molar-refractivity contribution < 1.29 is 4.79 Å². The largest absolute Gasteiger partial charge is 0.376 e. The highest BCUT2D eigenvalue weighted by Crippen LogP contribution is 2.19. The van der Waals surface area contributed by atoms with Crippen LogP contribution >= 0.6 is 0 Å². The zero-order valence-electron chi connectivity index (χ0n) is 14.3. The van der Waals surface area contributed by atoms with Gasteiger partial charge in [0.2, 0.25) is 5.91 Å². The van der Waals surface area contributed by atoms with Crippen molar-refractivity contribution in [2.45, 2.75) is 40.2 Å². The van der Waals surface area contributed by atoms with Crippen molar-refractivity contribution in [2.75, 3.05) is 31.5 Å². The number of carbonyl (C=O) groups is 1. The summed E-state index contributed by atoms with van der Waals surface area (Å²) in [6.07, 6.45) is 1.18. The van der Waals surface area contributed by atoms with E-state index in [1.807, 2.05) is 6.07 Å². The van der Waals surface area contributed by atoms with Crippen LogP contribution in [0.2, 0.25) is 0 Å². The second-order valence-electron chi connectivity index (χ2n) is 6.67. The smallest absolute Gasteiger partial charge is 0.239 e. The number of nitrogens with one attached hydrogen (secondary N) is 2. The molecule has 4 nitrogen and oxygen atoms in total. The molecule has 1 aliphatic heterocycles. The molecule has 1 aliphatic rings. The fourth-order valence-corrected chi connectivity index (χ4v) is 3.08. The van der Waals surface area contributed by atoms with Gasteiger partial charge >= 0.3 is 0 Å². The Morgan fingerprint density at radius 1 is 1.32 bits per heavy atom. The van der Waals surface area contributed by atoms with Crippen LogP contribution in [0.3, 0.4) is 0 Å². The molecule has 1 saturated heterocycles. The normalized spacial score (nSPS) is 18.7. The molecular weight excluding hydrogens is 274 g/mol. The van der Waals surface area contributed by atoms with E-state index in [2.05, 4.69) is 55.4 Å². The lowest BCUT2D eigenvalue weighted by atomic mass is 10.1. The molecule has 22 heavy (non-hydrogen) atoms. The molecule has 122 valence electrons. The van der Waals surface area contributed by atoms with Crippen LogP contribution in [0.4, 0.5) is 5.69 Å². The Morgan fingerprint density at radius 2 is 2.00 bits per heavy atom. The maximum Gasteiger partial charge on any atom is 0.239 e. The van der Waals surface area contributed by atoms with E-state index in [-0.39, 0.29) is 5.91 Å². The monoisotopic (exact) mass is 303 g/mol. The van der Waals surface area contributed by atoms with Gasteiger partial charge < -0.3 is 15.5 Å². The van der Waals surface area contributed by atoms with Crippen LogP contribution in [-0.4, -0.2) is 43.0 Å². The predicted molar refractivity (Wildman–Crippen MR) is 92.2 cm³/mol. The number of nitrogens with zero attached hydrogens (tertiary/aromatic N) is 1. The SMILES string of the molecule is Cc1cccc(C)c1NCC(=O)NCC1CCN(C(C)C)C1. The molecule has 0 saturated carbocycles. The van der Waals surface area contributed by atoms with Gasteiger partial charge in [0.25, 0.3) is 0 Å². The summed E-state index contributed by atoms with van der Waals surface area (Å²) in [6.45, 7) is 12.0. The van der Waals surface area contributed by atoms with Crippen LogP contribution in [0.25, 0.3) is 0 Å². The number of benzene rings is 1. The predicted octanol–water partition coefficient (Wildman–Crippen LogP) is 2.56. The molecule has 1 aromatic rings. The summed E-state index contributed by atoms with van der Waals surface area (Å²) in [4.78, 5) is 14.5. The fourth-order valence-electron chi connectivity index (χ4n) is 3.08. The molecule has 1 fully saturated rings. The third kappa shape index (κ3) is 4.47. The highest BCUT2D eigenvalue weighted by molar-refractivity contribution is 5.81. The maximum absolute atomic E-state index is 12.0. The first-order chi connectivity index (χ1) is 10.5. The molecule has 0 radical (unpaired) electrons. The molecule has 2 N–H and O–H groups in total. The van der Waals surface area contributed by atoms with Crippen molar-refractivity contribution in [2.24, 2.45) is 5.92 Å². The van der Waals surface area contributed by atoms with Gasteiger partial charge in [0, 0.05) is 24.8 Å². The number of hydrogen-bond acceptors (Lipinski definition) is 3. The number of aryl methyl sites for hydroxylation is 2. The van der Waals surface area contributed by atoms with Crippen molar-refractivity contribution in [3.8, 4) is 0 Å². The number of hydrogen-bond donors (Lipinski definition) is 2. The topological polar surface area (TPSA) is 44.4 Å². The Morgan fingerprint density at radius 3 is 2.59 bits per heavy atom. The Hall–Kier alpha value is -1.55. The molecule has 1 aromatic carbocycles. The number of rotatable bonds is 6. The second kappa shape index (κ2) is 7.63. The van der Waals surface area contributed by atoms with Gasteiger partial charge in [-0.25, -0.2) is 0 Å². The summed E-state index contributed by atoms with van der Waals surface area (Å²) in [5.41, 5.74) is 3.43. The lowest BCUT2D eigenvalue weighted by Gasteiger charge is -2.20. The van der Waals surface area contributed by atoms with Crippen LogP contribution in [0.5, 0.6) is 0 Å². The summed E-state index contributed by atoms with van der Waals surface area (Å²) in [5.74, 6) is 0.664. The first-order valence-electron chi connectivity index (χ1n) is 8.28. The average molecular weight is 303 g/mol. The van der Waals surface area contributed by atoms with Gasteiger partial charge in [-0.05, 0) is 57.7 Å². The first kappa shape index (κ1) is 16.8. The average Bonchev–Trinajstić information content (AvgIpc) is 2.93. The van der Waals surface area contributed by atoms with Crippen molar-refractivity contribution in [1.82, 2.24) is 10.2 Å². The van der Waals surface area contributed by atoms with E-state index < -0.39 is 0 Å². The molecule has 0 bridgehead atoms. The minimum atomic E-state index is 0.0747. The van der Waals surface area contributed by atoms with Crippen molar-refractivity contribution in [1.29, 1.82) is 0 Å². The van der Waals surface area contributed by atoms with E-state index in [9.17, 15) is 4.79 Å². The van der Waals surface area contributed by atoms with Gasteiger partial charge in [0.15, 0.2) is 0 Å². The number of amides is 1. The molecule has 1 atom stereocenters. The lowest BCUT2D eigenvalue weighted by Crippen LogP contribution is -2.35. The van der Waals surface area contributed by atoms with E-state index in [4.69, 9.17) is 0 Å². The van der Waals surface area contributed by atoms with Crippen LogP contribution in [-0.2, 0) is 4.79 Å². The Kier molecular flexibility index (Phi) is 5.83. The van der Waals surface area contributed by atoms with Crippen molar-refractivity contribution in [3.05, 3.63) is 29.3 Å². The molecule has 0 aliphatic carbocycles. The quantitative estimate of drug-likeness (QED) is 0.849. The van der Waals surface area contributed by atoms with Gasteiger partial charge in [-0.15, -0.1) is 0 Å². The maximum atomic E-state index is 12.0. The molecule has 0 aromatic heterocycles. The summed E-state index contributed by atoms with van der Waals surface area (Å²) in [5, 5.41) is 6.33. The Labute approximate surface area is 134 Å². The van der Waals surface area contributed by atoms with E-state index in [0.717, 1.165) is 25.3 Å². The molecule has 1 heterocycles. The van der Waals surface area contributed by atoms with Crippen LogP contribution in [0, 0.1) is 19.8 Å². The van der Waals surface area contributed by atoms with Gasteiger partial charge in [0.1, 0.15) is 0 Å². The summed E-state index contributed by atoms with van der Waals surface area (Å²) >= 11 is 0. The number of para-hydroxylation sites is 1. The van der Waals surface area contributed by atoms with Crippen LogP contribution in [0.1, 0.15) is 31.4 Å². The summed E-state index contributed by atoms with van der Waals surface area (Å²) in [7, 11) is 0. The van der Waals surface area contributed by atoms with E-state index >= 15 is 0 Å². The molecule has 1 unspecified atom stereocenters. The van der Waals surface area contributed by atoms with E-state index in [1.54, 1.807) is 0 Å². The van der Waals surface area contributed by atoms with Crippen molar-refractivity contribution in [3.63, 3.8) is 0 Å². The zero-order valence-corrected chi connectivity index (χ0v) is 14.3. The molecule has 4 heteroatoms. The van der Waals surface area contributed by atoms with Gasteiger partial charge in [-0.3, -0.25) is 4.79 Å². The standard InChI is InChI=1S/C18H29N3O/c1-13(2)21-9-8-16(12-21)10-19-17(22)11-20-18-14(3)6-5-7-15(18)4/h5-7,13,16,20H,8-12H2,1-4H3,(H,19,22).